The minimum absolute atomic E-state index is 0.155. The quantitative estimate of drug-likeness (QED) is 0.565. The standard InChI is InChI=1S/C18H17Cl2N3OS/c19-13-6-11(7-14(20)8-13)10-25-18-22-16(12-4-2-1-3-5-12)15(9-21)17(24)23-18/h6-8,12H,1-5,10H2,(H,22,23,24). The molecular weight excluding hydrogens is 377 g/mol. The molecule has 130 valence electrons. The second-order valence-electron chi connectivity index (χ2n) is 6.14. The van der Waals surface area contributed by atoms with Gasteiger partial charge in [-0.1, -0.05) is 54.2 Å². The van der Waals surface area contributed by atoms with E-state index in [2.05, 4.69) is 9.97 Å². The Kier molecular flexibility index (Phi) is 6.06. The van der Waals surface area contributed by atoms with Crippen LogP contribution in [0.3, 0.4) is 0 Å². The molecule has 1 aromatic carbocycles. The Morgan fingerprint density at radius 1 is 1.20 bits per heavy atom. The van der Waals surface area contributed by atoms with E-state index in [0.29, 0.717) is 26.6 Å². The molecule has 0 atom stereocenters. The van der Waals surface area contributed by atoms with Crippen LogP contribution >= 0.6 is 35.0 Å². The molecular formula is C18H17Cl2N3OS. The highest BCUT2D eigenvalue weighted by Gasteiger charge is 2.23. The largest absolute Gasteiger partial charge is 0.300 e. The molecule has 0 aliphatic heterocycles. The molecule has 25 heavy (non-hydrogen) atoms. The summed E-state index contributed by atoms with van der Waals surface area (Å²) in [6.07, 6.45) is 5.41. The Balaban J connectivity index is 1.85. The summed E-state index contributed by atoms with van der Waals surface area (Å²) < 4.78 is 0. The van der Waals surface area contributed by atoms with Crippen molar-refractivity contribution in [3.05, 3.63) is 55.4 Å². The molecule has 1 heterocycles. The van der Waals surface area contributed by atoms with Crippen molar-refractivity contribution in [1.82, 2.24) is 9.97 Å². The van der Waals surface area contributed by atoms with Gasteiger partial charge < -0.3 is 4.98 Å². The Morgan fingerprint density at radius 3 is 2.52 bits per heavy atom. The second-order valence-corrected chi connectivity index (χ2v) is 7.98. The number of hydrogen-bond acceptors (Lipinski definition) is 4. The van der Waals surface area contributed by atoms with Gasteiger partial charge in [0.15, 0.2) is 5.16 Å². The second kappa shape index (κ2) is 8.27. The molecule has 0 spiro atoms. The molecule has 1 N–H and O–H groups in total. The van der Waals surface area contributed by atoms with Gasteiger partial charge in [-0.3, -0.25) is 4.79 Å². The molecule has 0 amide bonds. The van der Waals surface area contributed by atoms with Crippen LogP contribution in [0.15, 0.2) is 28.2 Å². The van der Waals surface area contributed by atoms with E-state index in [9.17, 15) is 10.1 Å². The number of nitrogens with zero attached hydrogens (tertiary/aromatic N) is 2. The van der Waals surface area contributed by atoms with Crippen molar-refractivity contribution in [3.8, 4) is 6.07 Å². The lowest BCUT2D eigenvalue weighted by molar-refractivity contribution is 0.433. The third-order valence-corrected chi connectivity index (χ3v) is 5.71. The lowest BCUT2D eigenvalue weighted by atomic mass is 9.85. The van der Waals surface area contributed by atoms with E-state index in [0.717, 1.165) is 31.2 Å². The van der Waals surface area contributed by atoms with Gasteiger partial charge in [0.05, 0.1) is 5.69 Å². The van der Waals surface area contributed by atoms with Crippen molar-refractivity contribution < 1.29 is 0 Å². The molecule has 1 fully saturated rings. The van der Waals surface area contributed by atoms with Crippen LogP contribution in [0.1, 0.15) is 54.8 Å². The Hall–Kier alpha value is -1.48. The molecule has 1 aromatic heterocycles. The van der Waals surface area contributed by atoms with E-state index in [-0.39, 0.29) is 17.0 Å². The van der Waals surface area contributed by atoms with Gasteiger partial charge in [0.2, 0.25) is 0 Å². The van der Waals surface area contributed by atoms with Crippen LogP contribution in [-0.2, 0) is 5.75 Å². The first kappa shape index (κ1) is 18.3. The number of aromatic nitrogens is 2. The Labute approximate surface area is 160 Å². The van der Waals surface area contributed by atoms with Crippen molar-refractivity contribution in [2.45, 2.75) is 48.9 Å². The number of thioether (sulfide) groups is 1. The molecule has 0 radical (unpaired) electrons. The normalized spacial score (nSPS) is 15.1. The van der Waals surface area contributed by atoms with E-state index < -0.39 is 0 Å². The Bertz CT molecular complexity index is 849. The molecule has 1 aliphatic rings. The lowest BCUT2D eigenvalue weighted by Gasteiger charge is -2.21. The summed E-state index contributed by atoms with van der Waals surface area (Å²) in [6.45, 7) is 0. The third-order valence-electron chi connectivity index (χ3n) is 4.33. The minimum atomic E-state index is -0.357. The van der Waals surface area contributed by atoms with Crippen molar-refractivity contribution in [1.29, 1.82) is 5.26 Å². The highest BCUT2D eigenvalue weighted by molar-refractivity contribution is 7.98. The van der Waals surface area contributed by atoms with E-state index in [1.165, 1.54) is 18.2 Å². The number of rotatable bonds is 4. The van der Waals surface area contributed by atoms with Gasteiger partial charge in [-0.15, -0.1) is 0 Å². The number of nitriles is 1. The van der Waals surface area contributed by atoms with Gasteiger partial charge in [-0.2, -0.15) is 5.26 Å². The lowest BCUT2D eigenvalue weighted by Crippen LogP contribution is -2.20. The van der Waals surface area contributed by atoms with Crippen LogP contribution in [0.2, 0.25) is 10.0 Å². The van der Waals surface area contributed by atoms with E-state index in [1.807, 2.05) is 18.2 Å². The van der Waals surface area contributed by atoms with Gasteiger partial charge >= 0.3 is 0 Å². The molecule has 1 aliphatic carbocycles. The van der Waals surface area contributed by atoms with E-state index >= 15 is 0 Å². The van der Waals surface area contributed by atoms with E-state index in [4.69, 9.17) is 23.2 Å². The van der Waals surface area contributed by atoms with Gasteiger partial charge in [-0.05, 0) is 36.6 Å². The molecule has 2 aromatic rings. The highest BCUT2D eigenvalue weighted by Crippen LogP contribution is 2.33. The van der Waals surface area contributed by atoms with Gasteiger partial charge in [0.25, 0.3) is 5.56 Å². The van der Waals surface area contributed by atoms with Crippen LogP contribution in [0.4, 0.5) is 0 Å². The number of hydrogen-bond donors (Lipinski definition) is 1. The Morgan fingerprint density at radius 2 is 1.88 bits per heavy atom. The molecule has 0 bridgehead atoms. The van der Waals surface area contributed by atoms with Crippen molar-refractivity contribution in [3.63, 3.8) is 0 Å². The first-order valence-corrected chi connectivity index (χ1v) is 9.93. The molecule has 7 heteroatoms. The fourth-order valence-corrected chi connectivity index (χ4v) is 4.53. The fraction of sp³-hybridized carbons (Fsp3) is 0.389. The third kappa shape index (κ3) is 4.58. The van der Waals surface area contributed by atoms with Gasteiger partial charge in [0.1, 0.15) is 11.6 Å². The zero-order valence-corrected chi connectivity index (χ0v) is 15.8. The average Bonchev–Trinajstić information content (AvgIpc) is 2.59. The van der Waals surface area contributed by atoms with Crippen molar-refractivity contribution >= 4 is 35.0 Å². The summed E-state index contributed by atoms with van der Waals surface area (Å²) in [7, 11) is 0. The zero-order chi connectivity index (χ0) is 17.8. The maximum atomic E-state index is 12.3. The summed E-state index contributed by atoms with van der Waals surface area (Å²) in [4.78, 5) is 19.6. The number of benzene rings is 1. The van der Waals surface area contributed by atoms with Crippen molar-refractivity contribution in [2.75, 3.05) is 0 Å². The monoisotopic (exact) mass is 393 g/mol. The van der Waals surface area contributed by atoms with Crippen LogP contribution in [-0.4, -0.2) is 9.97 Å². The van der Waals surface area contributed by atoms with Crippen LogP contribution in [0.25, 0.3) is 0 Å². The highest BCUT2D eigenvalue weighted by atomic mass is 35.5. The molecule has 0 saturated heterocycles. The topological polar surface area (TPSA) is 69.5 Å². The summed E-state index contributed by atoms with van der Waals surface area (Å²) in [5.41, 5.74) is 1.40. The summed E-state index contributed by atoms with van der Waals surface area (Å²) >= 11 is 13.4. The number of halogens is 2. The molecule has 3 rings (SSSR count). The van der Waals surface area contributed by atoms with E-state index in [1.54, 1.807) is 6.07 Å². The molecule has 0 unspecified atom stereocenters. The molecule has 1 saturated carbocycles. The average molecular weight is 394 g/mol. The van der Waals surface area contributed by atoms with Gasteiger partial charge in [-0.25, -0.2) is 4.98 Å². The fourth-order valence-electron chi connectivity index (χ4n) is 3.16. The first-order valence-electron chi connectivity index (χ1n) is 8.19. The smallest absolute Gasteiger partial charge is 0.269 e. The summed E-state index contributed by atoms with van der Waals surface area (Å²) in [6, 6.07) is 7.38. The van der Waals surface area contributed by atoms with Crippen LogP contribution in [0.5, 0.6) is 0 Å². The zero-order valence-electron chi connectivity index (χ0n) is 13.5. The minimum Gasteiger partial charge on any atom is -0.300 e. The predicted molar refractivity (Wildman–Crippen MR) is 101 cm³/mol. The number of H-pyrrole nitrogens is 1. The summed E-state index contributed by atoms with van der Waals surface area (Å²) in [5, 5.41) is 11.0. The van der Waals surface area contributed by atoms with Gasteiger partial charge in [0, 0.05) is 21.7 Å². The number of nitrogens with one attached hydrogen (secondary N) is 1. The number of aromatic amines is 1. The van der Waals surface area contributed by atoms with Crippen molar-refractivity contribution in [2.24, 2.45) is 0 Å². The maximum absolute atomic E-state index is 12.3. The maximum Gasteiger partial charge on any atom is 0.269 e. The van der Waals surface area contributed by atoms with Crippen LogP contribution in [0, 0.1) is 11.3 Å². The SMILES string of the molecule is N#Cc1c(C2CCCCC2)nc(SCc2cc(Cl)cc(Cl)c2)[nH]c1=O. The molecule has 4 nitrogen and oxygen atoms in total. The first-order chi connectivity index (χ1) is 12.1. The predicted octanol–water partition coefficient (Wildman–Crippen LogP) is 5.29. The summed E-state index contributed by atoms with van der Waals surface area (Å²) in [5.74, 6) is 0.782. The van der Waals surface area contributed by atoms with Crippen LogP contribution < -0.4 is 5.56 Å².